The molecule has 1 rings (SSSR count). The smallest absolute Gasteiger partial charge is 0.165 e. The highest BCUT2D eigenvalue weighted by Crippen LogP contribution is 2.26. The van der Waals surface area contributed by atoms with Crippen molar-refractivity contribution < 1.29 is 9.53 Å². The van der Waals surface area contributed by atoms with Gasteiger partial charge < -0.3 is 4.74 Å². The number of hydrogen-bond donors (Lipinski definition) is 0. The highest BCUT2D eigenvalue weighted by molar-refractivity contribution is 9.10. The van der Waals surface area contributed by atoms with E-state index in [2.05, 4.69) is 15.9 Å². The number of hydrogen-bond acceptors (Lipinski definition) is 2. The van der Waals surface area contributed by atoms with E-state index in [4.69, 9.17) is 4.74 Å². The van der Waals surface area contributed by atoms with Crippen LogP contribution in [-0.2, 0) is 9.53 Å². The maximum atomic E-state index is 11.5. The number of methoxy groups -OCH3 is 1. The molecule has 0 N–H and O–H groups in total. The van der Waals surface area contributed by atoms with Crippen LogP contribution in [0.3, 0.4) is 0 Å². The molecule has 3 heteroatoms. The third-order valence-electron chi connectivity index (χ3n) is 2.06. The van der Waals surface area contributed by atoms with Crippen molar-refractivity contribution in [1.29, 1.82) is 0 Å². The maximum absolute atomic E-state index is 11.5. The van der Waals surface area contributed by atoms with Crippen LogP contribution in [0.1, 0.15) is 25.0 Å². The van der Waals surface area contributed by atoms with Gasteiger partial charge in [0.2, 0.25) is 0 Å². The van der Waals surface area contributed by atoms with Crippen LogP contribution in [0.2, 0.25) is 0 Å². The zero-order valence-electron chi connectivity index (χ0n) is 8.29. The summed E-state index contributed by atoms with van der Waals surface area (Å²) in [5.41, 5.74) is 0.891. The fraction of sp³-hybridized carbons (Fsp3) is 0.364. The Morgan fingerprint density at radius 3 is 2.64 bits per heavy atom. The lowest BCUT2D eigenvalue weighted by Gasteiger charge is -2.14. The lowest BCUT2D eigenvalue weighted by molar-refractivity contribution is -0.128. The topological polar surface area (TPSA) is 26.3 Å². The lowest BCUT2D eigenvalue weighted by atomic mass is 10.0. The molecule has 0 saturated heterocycles. The number of carbonyl (C=O) groups excluding carboxylic acids is 1. The minimum atomic E-state index is -0.449. The summed E-state index contributed by atoms with van der Waals surface area (Å²) in [7, 11) is 1.55. The van der Waals surface area contributed by atoms with Crippen molar-refractivity contribution in [2.75, 3.05) is 7.11 Å². The number of ether oxygens (including phenoxy) is 1. The molecule has 1 atom stereocenters. The van der Waals surface area contributed by atoms with E-state index in [0.717, 1.165) is 10.0 Å². The van der Waals surface area contributed by atoms with E-state index in [1.165, 1.54) is 0 Å². The minimum absolute atomic E-state index is 0.0967. The van der Waals surface area contributed by atoms with Crippen molar-refractivity contribution in [3.8, 4) is 0 Å². The minimum Gasteiger partial charge on any atom is -0.369 e. The quantitative estimate of drug-likeness (QED) is 0.828. The Kier molecular flexibility index (Phi) is 4.29. The van der Waals surface area contributed by atoms with Gasteiger partial charge in [0.05, 0.1) is 0 Å². The zero-order valence-corrected chi connectivity index (χ0v) is 9.87. The number of halogens is 1. The molecule has 0 spiro atoms. The van der Waals surface area contributed by atoms with E-state index in [1.54, 1.807) is 7.11 Å². The number of rotatable bonds is 4. The van der Waals surface area contributed by atoms with Gasteiger partial charge in [0.15, 0.2) is 5.78 Å². The Balaban J connectivity index is 3.01. The van der Waals surface area contributed by atoms with Gasteiger partial charge in [-0.25, -0.2) is 0 Å². The summed E-state index contributed by atoms with van der Waals surface area (Å²) in [5, 5.41) is 0. The summed E-state index contributed by atoms with van der Waals surface area (Å²) in [5.74, 6) is 0.0967. The predicted octanol–water partition coefficient (Wildman–Crippen LogP) is 3.12. The Morgan fingerprint density at radius 1 is 1.50 bits per heavy atom. The molecule has 1 aromatic carbocycles. The largest absolute Gasteiger partial charge is 0.369 e. The second-order valence-corrected chi connectivity index (χ2v) is 3.81. The van der Waals surface area contributed by atoms with Crippen LogP contribution in [0, 0.1) is 0 Å². The van der Waals surface area contributed by atoms with Gasteiger partial charge in [-0.1, -0.05) is 41.1 Å². The SMILES string of the molecule is CCC(=O)C(OC)c1ccccc1Br. The molecule has 1 unspecified atom stereocenters. The third-order valence-corrected chi connectivity index (χ3v) is 2.79. The molecule has 1 aromatic rings. The van der Waals surface area contributed by atoms with E-state index in [1.807, 2.05) is 31.2 Å². The average molecular weight is 257 g/mol. The lowest BCUT2D eigenvalue weighted by Crippen LogP contribution is -2.13. The van der Waals surface area contributed by atoms with E-state index < -0.39 is 6.10 Å². The molecule has 0 aliphatic rings. The Morgan fingerprint density at radius 2 is 2.14 bits per heavy atom. The van der Waals surface area contributed by atoms with E-state index in [0.29, 0.717) is 6.42 Å². The van der Waals surface area contributed by atoms with Gasteiger partial charge in [-0.2, -0.15) is 0 Å². The number of benzene rings is 1. The van der Waals surface area contributed by atoms with Crippen LogP contribution in [0.15, 0.2) is 28.7 Å². The third kappa shape index (κ3) is 2.42. The summed E-state index contributed by atoms with van der Waals surface area (Å²) in [4.78, 5) is 11.5. The molecule has 14 heavy (non-hydrogen) atoms. The standard InChI is InChI=1S/C11H13BrO2/c1-3-10(13)11(14-2)8-6-4-5-7-9(8)12/h4-7,11H,3H2,1-2H3. The molecule has 0 amide bonds. The highest BCUT2D eigenvalue weighted by Gasteiger charge is 2.19. The maximum Gasteiger partial charge on any atom is 0.165 e. The second kappa shape index (κ2) is 5.27. The van der Waals surface area contributed by atoms with E-state index in [-0.39, 0.29) is 5.78 Å². The van der Waals surface area contributed by atoms with Gasteiger partial charge in [0.25, 0.3) is 0 Å². The van der Waals surface area contributed by atoms with Gasteiger partial charge in [-0.3, -0.25) is 4.79 Å². The van der Waals surface area contributed by atoms with Crippen LogP contribution in [0.4, 0.5) is 0 Å². The van der Waals surface area contributed by atoms with Crippen LogP contribution < -0.4 is 0 Å². The van der Waals surface area contributed by atoms with Gasteiger partial charge >= 0.3 is 0 Å². The van der Waals surface area contributed by atoms with E-state index in [9.17, 15) is 4.79 Å². The fourth-order valence-corrected chi connectivity index (χ4v) is 1.80. The monoisotopic (exact) mass is 256 g/mol. The molecule has 0 bridgehead atoms. The first-order valence-electron chi connectivity index (χ1n) is 4.50. The first kappa shape index (κ1) is 11.4. The number of Topliss-reactive ketones (excluding diaryl/α,β-unsaturated/α-hetero) is 1. The van der Waals surface area contributed by atoms with Crippen molar-refractivity contribution in [3.63, 3.8) is 0 Å². The Labute approximate surface area is 92.4 Å². The van der Waals surface area contributed by atoms with Crippen LogP contribution in [0.25, 0.3) is 0 Å². The summed E-state index contributed by atoms with van der Waals surface area (Å²) < 4.78 is 6.10. The van der Waals surface area contributed by atoms with Gasteiger partial charge in [0, 0.05) is 23.6 Å². The fourth-order valence-electron chi connectivity index (χ4n) is 1.30. The van der Waals surface area contributed by atoms with Gasteiger partial charge in [-0.05, 0) is 6.07 Å². The molecule has 2 nitrogen and oxygen atoms in total. The van der Waals surface area contributed by atoms with Crippen molar-refractivity contribution in [2.45, 2.75) is 19.4 Å². The summed E-state index contributed by atoms with van der Waals surface area (Å²) in [6.45, 7) is 1.84. The summed E-state index contributed by atoms with van der Waals surface area (Å²) in [6, 6.07) is 7.61. The van der Waals surface area contributed by atoms with Crippen molar-refractivity contribution in [2.24, 2.45) is 0 Å². The first-order valence-corrected chi connectivity index (χ1v) is 5.30. The van der Waals surface area contributed by atoms with E-state index >= 15 is 0 Å². The van der Waals surface area contributed by atoms with Crippen LogP contribution in [0.5, 0.6) is 0 Å². The predicted molar refractivity (Wildman–Crippen MR) is 59.2 cm³/mol. The van der Waals surface area contributed by atoms with Crippen molar-refractivity contribution >= 4 is 21.7 Å². The number of carbonyl (C=O) groups is 1. The molecular formula is C11H13BrO2. The van der Waals surface area contributed by atoms with Crippen molar-refractivity contribution in [3.05, 3.63) is 34.3 Å². The molecule has 0 aliphatic heterocycles. The Bertz CT molecular complexity index is 323. The first-order chi connectivity index (χ1) is 6.70. The molecule has 0 heterocycles. The average Bonchev–Trinajstić information content (AvgIpc) is 2.21. The molecule has 76 valence electrons. The molecule has 0 radical (unpaired) electrons. The molecule has 0 saturated carbocycles. The molecule has 0 aliphatic carbocycles. The normalized spacial score (nSPS) is 12.5. The van der Waals surface area contributed by atoms with Crippen molar-refractivity contribution in [1.82, 2.24) is 0 Å². The second-order valence-electron chi connectivity index (χ2n) is 2.96. The molecular weight excluding hydrogens is 244 g/mol. The summed E-state index contributed by atoms with van der Waals surface area (Å²) >= 11 is 3.40. The number of ketones is 1. The van der Waals surface area contributed by atoms with Gasteiger partial charge in [-0.15, -0.1) is 0 Å². The van der Waals surface area contributed by atoms with Crippen LogP contribution in [-0.4, -0.2) is 12.9 Å². The summed E-state index contributed by atoms with van der Waals surface area (Å²) in [6.07, 6.45) is 0.0374. The zero-order chi connectivity index (χ0) is 10.6. The Hall–Kier alpha value is -0.670. The van der Waals surface area contributed by atoms with Crippen LogP contribution >= 0.6 is 15.9 Å². The van der Waals surface area contributed by atoms with Gasteiger partial charge in [0.1, 0.15) is 6.10 Å². The molecule has 0 fully saturated rings. The highest BCUT2D eigenvalue weighted by atomic mass is 79.9. The molecule has 0 aromatic heterocycles.